The van der Waals surface area contributed by atoms with Gasteiger partial charge < -0.3 is 20.1 Å². The number of anilines is 1. The van der Waals surface area contributed by atoms with E-state index in [9.17, 15) is 5.11 Å². The molecule has 1 aliphatic rings. The van der Waals surface area contributed by atoms with Gasteiger partial charge in [0.1, 0.15) is 0 Å². The first-order chi connectivity index (χ1) is 9.83. The highest BCUT2D eigenvalue weighted by molar-refractivity contribution is 5.30. The fraction of sp³-hybridized carbons (Fsp3) is 0.714. The van der Waals surface area contributed by atoms with E-state index in [-0.39, 0.29) is 6.61 Å². The molecular weight excluding hydrogens is 256 g/mol. The summed E-state index contributed by atoms with van der Waals surface area (Å²) >= 11 is 0. The van der Waals surface area contributed by atoms with E-state index in [1.54, 1.807) is 7.11 Å². The van der Waals surface area contributed by atoms with Gasteiger partial charge in [0, 0.05) is 57.9 Å². The van der Waals surface area contributed by atoms with E-state index in [1.165, 1.54) is 0 Å². The quantitative estimate of drug-likeness (QED) is 0.706. The largest absolute Gasteiger partial charge is 0.396 e. The van der Waals surface area contributed by atoms with Crippen molar-refractivity contribution < 1.29 is 9.84 Å². The molecule has 0 saturated carbocycles. The SMILES string of the molecule is COCCNCc1cnc(N2CCCC(CO)C2)nc1. The Morgan fingerprint density at radius 1 is 1.45 bits per heavy atom. The number of nitrogens with zero attached hydrogens (tertiary/aromatic N) is 3. The number of piperidine rings is 1. The number of aromatic nitrogens is 2. The molecule has 6 nitrogen and oxygen atoms in total. The van der Waals surface area contributed by atoms with E-state index in [4.69, 9.17) is 4.74 Å². The summed E-state index contributed by atoms with van der Waals surface area (Å²) in [5.41, 5.74) is 1.07. The van der Waals surface area contributed by atoms with Gasteiger partial charge in [0.2, 0.25) is 5.95 Å². The Bertz CT molecular complexity index is 385. The van der Waals surface area contributed by atoms with Crippen molar-refractivity contribution in [3.8, 4) is 0 Å². The van der Waals surface area contributed by atoms with Crippen LogP contribution in [-0.4, -0.2) is 55.0 Å². The molecule has 112 valence electrons. The van der Waals surface area contributed by atoms with Crippen molar-refractivity contribution >= 4 is 5.95 Å². The standard InChI is InChI=1S/C14H24N4O2/c1-20-6-4-15-7-13-8-16-14(17-9-13)18-5-2-3-12(10-18)11-19/h8-9,12,15,19H,2-7,10-11H2,1H3. The van der Waals surface area contributed by atoms with Crippen molar-refractivity contribution in [3.63, 3.8) is 0 Å². The lowest BCUT2D eigenvalue weighted by Gasteiger charge is -2.31. The molecule has 1 atom stereocenters. The summed E-state index contributed by atoms with van der Waals surface area (Å²) in [5, 5.41) is 12.5. The predicted molar refractivity (Wildman–Crippen MR) is 77.6 cm³/mol. The Morgan fingerprint density at radius 2 is 2.25 bits per heavy atom. The molecule has 1 saturated heterocycles. The Morgan fingerprint density at radius 3 is 2.95 bits per heavy atom. The lowest BCUT2D eigenvalue weighted by molar-refractivity contribution is 0.199. The van der Waals surface area contributed by atoms with Gasteiger partial charge in [-0.1, -0.05) is 0 Å². The molecule has 2 rings (SSSR count). The predicted octanol–water partition coefficient (Wildman–Crippen LogP) is 0.421. The molecule has 0 aliphatic carbocycles. The third-order valence-corrected chi connectivity index (χ3v) is 3.56. The molecule has 2 heterocycles. The van der Waals surface area contributed by atoms with Gasteiger partial charge in [-0.15, -0.1) is 0 Å². The second-order valence-corrected chi connectivity index (χ2v) is 5.20. The highest BCUT2D eigenvalue weighted by Gasteiger charge is 2.20. The summed E-state index contributed by atoms with van der Waals surface area (Å²) in [6, 6.07) is 0. The van der Waals surface area contributed by atoms with E-state index in [1.807, 2.05) is 12.4 Å². The molecule has 20 heavy (non-hydrogen) atoms. The zero-order valence-electron chi connectivity index (χ0n) is 12.1. The molecule has 1 unspecified atom stereocenters. The Kier molecular flexibility index (Phi) is 6.17. The number of rotatable bonds is 7. The molecule has 0 bridgehead atoms. The highest BCUT2D eigenvalue weighted by Crippen LogP contribution is 2.19. The highest BCUT2D eigenvalue weighted by atomic mass is 16.5. The van der Waals surface area contributed by atoms with Crippen molar-refractivity contribution in [3.05, 3.63) is 18.0 Å². The maximum absolute atomic E-state index is 9.25. The number of nitrogens with one attached hydrogen (secondary N) is 1. The van der Waals surface area contributed by atoms with Crippen LogP contribution >= 0.6 is 0 Å². The molecule has 1 aromatic heterocycles. The summed E-state index contributed by atoms with van der Waals surface area (Å²) in [6.07, 6.45) is 5.92. The summed E-state index contributed by atoms with van der Waals surface area (Å²) < 4.78 is 4.98. The smallest absolute Gasteiger partial charge is 0.225 e. The van der Waals surface area contributed by atoms with Crippen LogP contribution in [0.5, 0.6) is 0 Å². The summed E-state index contributed by atoms with van der Waals surface area (Å²) in [5.74, 6) is 1.12. The van der Waals surface area contributed by atoms with E-state index in [0.717, 1.165) is 50.5 Å². The fourth-order valence-corrected chi connectivity index (χ4v) is 2.41. The summed E-state index contributed by atoms with van der Waals surface area (Å²) in [4.78, 5) is 11.0. The molecule has 6 heteroatoms. The molecular formula is C14H24N4O2. The van der Waals surface area contributed by atoms with Gasteiger partial charge in [-0.05, 0) is 18.8 Å². The zero-order valence-corrected chi connectivity index (χ0v) is 12.1. The second-order valence-electron chi connectivity index (χ2n) is 5.20. The normalized spacial score (nSPS) is 19.3. The van der Waals surface area contributed by atoms with E-state index in [0.29, 0.717) is 12.5 Å². The van der Waals surface area contributed by atoms with Gasteiger partial charge in [-0.3, -0.25) is 0 Å². The van der Waals surface area contributed by atoms with Crippen LogP contribution in [0.25, 0.3) is 0 Å². The zero-order chi connectivity index (χ0) is 14.2. The van der Waals surface area contributed by atoms with E-state index < -0.39 is 0 Å². The minimum absolute atomic E-state index is 0.248. The van der Waals surface area contributed by atoms with Crippen LogP contribution in [0.3, 0.4) is 0 Å². The molecule has 0 amide bonds. The second kappa shape index (κ2) is 8.14. The average Bonchev–Trinajstić information content (AvgIpc) is 2.52. The van der Waals surface area contributed by atoms with Crippen LogP contribution in [0.4, 0.5) is 5.95 Å². The van der Waals surface area contributed by atoms with Crippen molar-refractivity contribution in [1.29, 1.82) is 0 Å². The third kappa shape index (κ3) is 4.40. The van der Waals surface area contributed by atoms with Gasteiger partial charge in [0.05, 0.1) is 6.61 Å². The van der Waals surface area contributed by atoms with Crippen LogP contribution in [-0.2, 0) is 11.3 Å². The monoisotopic (exact) mass is 280 g/mol. The lowest BCUT2D eigenvalue weighted by atomic mass is 9.99. The Hall–Kier alpha value is -1.24. The van der Waals surface area contributed by atoms with Crippen LogP contribution in [0.2, 0.25) is 0 Å². The number of methoxy groups -OCH3 is 1. The number of hydrogen-bond donors (Lipinski definition) is 2. The van der Waals surface area contributed by atoms with Crippen molar-refractivity contribution in [2.75, 3.05) is 44.9 Å². The Labute approximate surface area is 120 Å². The van der Waals surface area contributed by atoms with Gasteiger partial charge in [0.25, 0.3) is 0 Å². The maximum Gasteiger partial charge on any atom is 0.225 e. The third-order valence-electron chi connectivity index (χ3n) is 3.56. The number of ether oxygens (including phenoxy) is 1. The fourth-order valence-electron chi connectivity index (χ4n) is 2.41. The first-order valence-electron chi connectivity index (χ1n) is 7.20. The van der Waals surface area contributed by atoms with Crippen molar-refractivity contribution in [2.45, 2.75) is 19.4 Å². The topological polar surface area (TPSA) is 70.5 Å². The minimum atomic E-state index is 0.248. The van der Waals surface area contributed by atoms with Crippen LogP contribution < -0.4 is 10.2 Å². The molecule has 0 aromatic carbocycles. The average molecular weight is 280 g/mol. The molecule has 1 fully saturated rings. The van der Waals surface area contributed by atoms with E-state index >= 15 is 0 Å². The molecule has 0 radical (unpaired) electrons. The van der Waals surface area contributed by atoms with Crippen LogP contribution in [0, 0.1) is 5.92 Å². The first kappa shape index (κ1) is 15.2. The van der Waals surface area contributed by atoms with Crippen molar-refractivity contribution in [2.24, 2.45) is 5.92 Å². The van der Waals surface area contributed by atoms with Gasteiger partial charge in [-0.25, -0.2) is 9.97 Å². The Balaban J connectivity index is 1.84. The van der Waals surface area contributed by atoms with Gasteiger partial charge in [-0.2, -0.15) is 0 Å². The number of aliphatic hydroxyl groups excluding tert-OH is 1. The van der Waals surface area contributed by atoms with Gasteiger partial charge in [0.15, 0.2) is 0 Å². The molecule has 0 spiro atoms. The molecule has 1 aliphatic heterocycles. The van der Waals surface area contributed by atoms with Crippen LogP contribution in [0.15, 0.2) is 12.4 Å². The lowest BCUT2D eigenvalue weighted by Crippen LogP contribution is -2.37. The minimum Gasteiger partial charge on any atom is -0.396 e. The van der Waals surface area contributed by atoms with Gasteiger partial charge >= 0.3 is 0 Å². The summed E-state index contributed by atoms with van der Waals surface area (Å²) in [7, 11) is 1.69. The number of aliphatic hydroxyl groups is 1. The molecule has 2 N–H and O–H groups in total. The summed E-state index contributed by atoms with van der Waals surface area (Å²) in [6.45, 7) is 4.35. The van der Waals surface area contributed by atoms with Crippen LogP contribution in [0.1, 0.15) is 18.4 Å². The number of hydrogen-bond acceptors (Lipinski definition) is 6. The van der Waals surface area contributed by atoms with E-state index in [2.05, 4.69) is 20.2 Å². The van der Waals surface area contributed by atoms with Crippen molar-refractivity contribution in [1.82, 2.24) is 15.3 Å². The molecule has 1 aromatic rings. The first-order valence-corrected chi connectivity index (χ1v) is 7.20. The maximum atomic E-state index is 9.25.